The fourth-order valence-corrected chi connectivity index (χ4v) is 4.16. The van der Waals surface area contributed by atoms with Gasteiger partial charge in [-0.1, -0.05) is 36.4 Å². The van der Waals surface area contributed by atoms with Crippen molar-refractivity contribution in [2.24, 2.45) is 4.88 Å². The van der Waals surface area contributed by atoms with E-state index in [1.807, 2.05) is 0 Å². The van der Waals surface area contributed by atoms with Gasteiger partial charge in [-0.25, -0.2) is 4.57 Å². The Labute approximate surface area is 121 Å². The molecule has 2 aromatic carbocycles. The zero-order chi connectivity index (χ0) is 15.1. The molecule has 0 saturated heterocycles. The third kappa shape index (κ3) is 4.14. The Hall–Kier alpha value is -2.19. The Kier molecular flexibility index (Phi) is 5.07. The topological polar surface area (TPSA) is 101 Å². The van der Waals surface area contributed by atoms with Crippen LogP contribution in [0.15, 0.2) is 65.5 Å². The zero-order valence-electron chi connectivity index (χ0n) is 10.7. The van der Waals surface area contributed by atoms with E-state index in [9.17, 15) is 9.13 Å². The maximum Gasteiger partial charge on any atom is 0.489 e. The van der Waals surface area contributed by atoms with Crippen molar-refractivity contribution < 1.29 is 18.2 Å². The maximum atomic E-state index is 12.7. The normalized spacial score (nSPS) is 12.0. The van der Waals surface area contributed by atoms with E-state index in [0.29, 0.717) is 0 Å². The van der Waals surface area contributed by atoms with Crippen LogP contribution >= 0.6 is 14.9 Å². The van der Waals surface area contributed by atoms with Gasteiger partial charge < -0.3 is 13.6 Å². The fraction of sp³-hybridized carbons (Fsp3) is 0. The van der Waals surface area contributed by atoms with Crippen molar-refractivity contribution in [3.63, 3.8) is 0 Å². The minimum atomic E-state index is -4.14. The summed E-state index contributed by atoms with van der Waals surface area (Å²) in [5, 5.41) is 0. The average Bonchev–Trinajstić information content (AvgIpc) is 2.49. The summed E-state index contributed by atoms with van der Waals surface area (Å²) in [6.45, 7) is 0. The van der Waals surface area contributed by atoms with Crippen molar-refractivity contribution in [2.45, 2.75) is 0 Å². The van der Waals surface area contributed by atoms with Crippen LogP contribution in [0, 0.1) is 0 Å². The number of hydrogen-bond donors (Lipinski definition) is 0. The molecule has 0 amide bonds. The van der Waals surface area contributed by atoms with Crippen molar-refractivity contribution in [1.82, 2.24) is 0 Å². The van der Waals surface area contributed by atoms with E-state index in [1.54, 1.807) is 36.4 Å². The quantitative estimate of drug-likeness (QED) is 0.321. The van der Waals surface area contributed by atoms with Gasteiger partial charge in [-0.3, -0.25) is 0 Å². The molecular formula is C12H11N3O4P2. The van der Waals surface area contributed by atoms with E-state index in [2.05, 4.69) is 9.80 Å². The van der Waals surface area contributed by atoms with Crippen LogP contribution in [-0.2, 0) is 9.13 Å². The molecule has 108 valence electrons. The van der Waals surface area contributed by atoms with Crippen molar-refractivity contribution in [3.8, 4) is 11.5 Å². The summed E-state index contributed by atoms with van der Waals surface area (Å²) >= 11 is 0. The molecule has 1 unspecified atom stereocenters. The molecule has 0 fully saturated rings. The lowest BCUT2D eigenvalue weighted by atomic mass is 10.3. The molecule has 0 aliphatic heterocycles. The van der Waals surface area contributed by atoms with Crippen molar-refractivity contribution in [3.05, 3.63) is 71.1 Å². The number of para-hydroxylation sites is 2. The molecule has 2 aromatic rings. The number of azide groups is 1. The van der Waals surface area contributed by atoms with Crippen LogP contribution in [0.5, 0.6) is 11.5 Å². The van der Waals surface area contributed by atoms with Crippen LogP contribution in [-0.4, -0.2) is 0 Å². The second kappa shape index (κ2) is 7.00. The number of rotatable bonds is 6. The highest BCUT2D eigenvalue weighted by Gasteiger charge is 2.35. The molecule has 21 heavy (non-hydrogen) atoms. The van der Waals surface area contributed by atoms with E-state index in [0.717, 1.165) is 0 Å². The summed E-state index contributed by atoms with van der Waals surface area (Å²) in [7, 11) is -7.45. The largest absolute Gasteiger partial charge is 0.489 e. The molecule has 1 atom stereocenters. The van der Waals surface area contributed by atoms with Crippen LogP contribution in [0.25, 0.3) is 10.4 Å². The summed E-state index contributed by atoms with van der Waals surface area (Å²) in [6, 6.07) is 16.3. The third-order valence-corrected chi connectivity index (χ3v) is 6.16. The molecule has 0 N–H and O–H groups in total. The van der Waals surface area contributed by atoms with E-state index in [-0.39, 0.29) is 11.5 Å². The standard InChI is InChI=1S/C12H11N3O4P2/c13-14-15-20(16)21(17,18-11-7-3-1-4-8-11)19-12-9-5-2-6-10-12/h1-10,20H. The van der Waals surface area contributed by atoms with Gasteiger partial charge in [0.1, 0.15) is 11.5 Å². The van der Waals surface area contributed by atoms with Gasteiger partial charge in [-0.05, 0) is 34.7 Å². The zero-order valence-corrected chi connectivity index (χ0v) is 12.6. The second-order valence-corrected chi connectivity index (χ2v) is 8.69. The average molecular weight is 323 g/mol. The molecule has 0 aliphatic carbocycles. The van der Waals surface area contributed by atoms with Gasteiger partial charge in [-0.15, -0.1) is 0 Å². The lowest BCUT2D eigenvalue weighted by Crippen LogP contribution is -1.97. The molecule has 0 aromatic heterocycles. The predicted molar refractivity (Wildman–Crippen MR) is 79.9 cm³/mol. The Morgan fingerprint density at radius 3 is 1.76 bits per heavy atom. The van der Waals surface area contributed by atoms with Gasteiger partial charge in [0.05, 0.1) is 0 Å². The second-order valence-electron chi connectivity index (χ2n) is 3.78. The molecule has 9 heteroatoms. The molecule has 7 nitrogen and oxygen atoms in total. The number of nitrogens with zero attached hydrogens (tertiary/aromatic N) is 3. The smallest absolute Gasteiger partial charge is 0.411 e. The van der Waals surface area contributed by atoms with Gasteiger partial charge in [-0.2, -0.15) is 0 Å². The number of hydrogen-bond acceptors (Lipinski definition) is 4. The van der Waals surface area contributed by atoms with Crippen molar-refractivity contribution >= 4 is 14.9 Å². The third-order valence-electron chi connectivity index (χ3n) is 2.30. The first-order chi connectivity index (χ1) is 10.1. The van der Waals surface area contributed by atoms with Crippen molar-refractivity contribution in [2.75, 3.05) is 0 Å². The lowest BCUT2D eigenvalue weighted by molar-refractivity contribution is 0.403. The molecule has 0 aliphatic rings. The van der Waals surface area contributed by atoms with Crippen molar-refractivity contribution in [1.29, 1.82) is 0 Å². The number of benzene rings is 2. The van der Waals surface area contributed by atoms with Gasteiger partial charge in [0.2, 0.25) is 0 Å². The minimum Gasteiger partial charge on any atom is -0.411 e. The minimum absolute atomic E-state index is 0.211. The van der Waals surface area contributed by atoms with Gasteiger partial charge in [0, 0.05) is 4.91 Å². The molecule has 0 saturated carbocycles. The molecule has 0 heterocycles. The van der Waals surface area contributed by atoms with E-state index >= 15 is 0 Å². The first kappa shape index (κ1) is 15.2. The fourth-order valence-electron chi connectivity index (χ4n) is 1.43. The first-order valence-corrected chi connectivity index (χ1v) is 9.57. The predicted octanol–water partition coefficient (Wildman–Crippen LogP) is 5.04. The van der Waals surface area contributed by atoms with Gasteiger partial charge >= 0.3 is 7.28 Å². The Morgan fingerprint density at radius 1 is 0.952 bits per heavy atom. The van der Waals surface area contributed by atoms with E-state index in [4.69, 9.17) is 14.6 Å². The van der Waals surface area contributed by atoms with Crippen LogP contribution in [0.4, 0.5) is 0 Å². The van der Waals surface area contributed by atoms with Crippen LogP contribution in [0.3, 0.4) is 0 Å². The maximum absolute atomic E-state index is 12.7. The molecular weight excluding hydrogens is 312 g/mol. The molecule has 0 bridgehead atoms. The molecule has 2 rings (SSSR count). The molecule has 0 spiro atoms. The summed E-state index contributed by atoms with van der Waals surface area (Å²) < 4.78 is 35.0. The monoisotopic (exact) mass is 323 g/mol. The summed E-state index contributed by atoms with van der Waals surface area (Å²) in [6.07, 6.45) is 0. The summed E-state index contributed by atoms with van der Waals surface area (Å²) in [4.78, 5) is 5.41. The van der Waals surface area contributed by atoms with Crippen LogP contribution in [0.1, 0.15) is 0 Å². The van der Waals surface area contributed by atoms with Crippen LogP contribution < -0.4 is 9.05 Å². The Bertz CT molecular complexity index is 672. The Balaban J connectivity index is 2.33. The highest BCUT2D eigenvalue weighted by Crippen LogP contribution is 2.69. The highest BCUT2D eigenvalue weighted by molar-refractivity contribution is 8.22. The van der Waals surface area contributed by atoms with Gasteiger partial charge in [0.15, 0.2) is 0 Å². The first-order valence-electron chi connectivity index (χ1n) is 5.83. The van der Waals surface area contributed by atoms with E-state index in [1.165, 1.54) is 24.3 Å². The SMILES string of the molecule is [N-]=[N+]=N[PH](=O)P(=O)(Oc1ccccc1)Oc1ccccc1. The Morgan fingerprint density at radius 2 is 1.38 bits per heavy atom. The summed E-state index contributed by atoms with van der Waals surface area (Å²) in [5.41, 5.74) is 8.38. The van der Waals surface area contributed by atoms with Crippen LogP contribution in [0.2, 0.25) is 0 Å². The lowest BCUT2D eigenvalue weighted by Gasteiger charge is -2.17. The van der Waals surface area contributed by atoms with Gasteiger partial charge in [0.25, 0.3) is 7.64 Å². The summed E-state index contributed by atoms with van der Waals surface area (Å²) in [5.74, 6) is 0.423. The highest BCUT2D eigenvalue weighted by atomic mass is 32.1. The molecule has 0 radical (unpaired) electrons. The van der Waals surface area contributed by atoms with E-state index < -0.39 is 14.9 Å².